The summed E-state index contributed by atoms with van der Waals surface area (Å²) in [6.45, 7) is 2.67. The number of anilines is 2. The quantitative estimate of drug-likeness (QED) is 0.649. The Kier molecular flexibility index (Phi) is 4.94. The van der Waals surface area contributed by atoms with Crippen LogP contribution in [-0.2, 0) is 11.3 Å². The van der Waals surface area contributed by atoms with Crippen molar-refractivity contribution in [2.24, 2.45) is 0 Å². The van der Waals surface area contributed by atoms with Gasteiger partial charge in [0.05, 0.1) is 6.10 Å². The Morgan fingerprint density at radius 1 is 1.56 bits per heavy atom. The van der Waals surface area contributed by atoms with Crippen molar-refractivity contribution in [3.8, 4) is 0 Å². The van der Waals surface area contributed by atoms with Gasteiger partial charge in [-0.25, -0.2) is 9.97 Å². The number of nitrogens with one attached hydrogen (secondary N) is 1. The van der Waals surface area contributed by atoms with E-state index in [1.165, 1.54) is 0 Å². The van der Waals surface area contributed by atoms with E-state index in [0.29, 0.717) is 37.0 Å². The minimum atomic E-state index is -0.387. The molecule has 90 valence electrons. The van der Waals surface area contributed by atoms with Crippen molar-refractivity contribution < 1.29 is 9.84 Å². The molecule has 1 atom stereocenters. The molecule has 0 aliphatic rings. The van der Waals surface area contributed by atoms with Crippen molar-refractivity contribution in [2.75, 3.05) is 24.7 Å². The highest BCUT2D eigenvalue weighted by atomic mass is 16.5. The van der Waals surface area contributed by atoms with Gasteiger partial charge in [0, 0.05) is 19.7 Å². The summed E-state index contributed by atoms with van der Waals surface area (Å²) in [5.41, 5.74) is 5.62. The zero-order valence-electron chi connectivity index (χ0n) is 9.60. The molecule has 0 aliphatic carbocycles. The summed E-state index contributed by atoms with van der Waals surface area (Å²) in [6.07, 6.45) is 0.306. The Labute approximate surface area is 94.9 Å². The van der Waals surface area contributed by atoms with Gasteiger partial charge in [0.2, 0.25) is 0 Å². The number of hydrogen-bond acceptors (Lipinski definition) is 6. The van der Waals surface area contributed by atoms with Crippen LogP contribution in [0.5, 0.6) is 0 Å². The lowest BCUT2D eigenvalue weighted by molar-refractivity contribution is 0.177. The number of ether oxygens (including phenoxy) is 1. The van der Waals surface area contributed by atoms with Gasteiger partial charge in [-0.2, -0.15) is 0 Å². The average Bonchev–Trinajstić information content (AvgIpc) is 2.25. The van der Waals surface area contributed by atoms with Crippen molar-refractivity contribution in [1.82, 2.24) is 9.97 Å². The molecule has 0 saturated carbocycles. The Balaban J connectivity index is 2.64. The summed E-state index contributed by atoms with van der Waals surface area (Å²) in [7, 11) is 1.57. The highest BCUT2D eigenvalue weighted by Gasteiger charge is 2.04. The largest absolute Gasteiger partial charge is 0.391 e. The molecule has 6 nitrogen and oxygen atoms in total. The summed E-state index contributed by atoms with van der Waals surface area (Å²) in [6, 6.07) is 1.63. The van der Waals surface area contributed by atoms with Gasteiger partial charge in [0.25, 0.3) is 0 Å². The Morgan fingerprint density at radius 2 is 2.31 bits per heavy atom. The van der Waals surface area contributed by atoms with Gasteiger partial charge in [-0.1, -0.05) is 6.92 Å². The molecular weight excluding hydrogens is 208 g/mol. The molecule has 4 N–H and O–H groups in total. The van der Waals surface area contributed by atoms with Crippen LogP contribution in [0.25, 0.3) is 0 Å². The molecule has 0 radical (unpaired) electrons. The van der Waals surface area contributed by atoms with Crippen LogP contribution in [0.15, 0.2) is 6.07 Å². The van der Waals surface area contributed by atoms with Crippen LogP contribution >= 0.6 is 0 Å². The molecule has 0 bridgehead atoms. The van der Waals surface area contributed by atoms with Crippen LogP contribution in [0, 0.1) is 0 Å². The predicted molar refractivity (Wildman–Crippen MR) is 61.9 cm³/mol. The third-order valence-electron chi connectivity index (χ3n) is 2.06. The van der Waals surface area contributed by atoms with Crippen LogP contribution in [-0.4, -0.2) is 34.8 Å². The first kappa shape index (κ1) is 12.7. The lowest BCUT2D eigenvalue weighted by Crippen LogP contribution is -2.19. The highest BCUT2D eigenvalue weighted by Crippen LogP contribution is 2.09. The van der Waals surface area contributed by atoms with E-state index in [1.54, 1.807) is 13.2 Å². The minimum absolute atomic E-state index is 0.316. The van der Waals surface area contributed by atoms with Crippen molar-refractivity contribution in [2.45, 2.75) is 26.1 Å². The molecule has 16 heavy (non-hydrogen) atoms. The summed E-state index contributed by atoms with van der Waals surface area (Å²) >= 11 is 0. The zero-order valence-corrected chi connectivity index (χ0v) is 9.60. The van der Waals surface area contributed by atoms with Gasteiger partial charge < -0.3 is 20.9 Å². The smallest absolute Gasteiger partial charge is 0.158 e. The lowest BCUT2D eigenvalue weighted by Gasteiger charge is -2.11. The second kappa shape index (κ2) is 6.24. The van der Waals surface area contributed by atoms with E-state index in [1.807, 2.05) is 6.92 Å². The number of nitrogens with zero attached hydrogens (tertiary/aromatic N) is 2. The van der Waals surface area contributed by atoms with Gasteiger partial charge in [-0.05, 0) is 6.42 Å². The second-order valence-corrected chi connectivity index (χ2v) is 3.47. The Hall–Kier alpha value is -1.40. The molecule has 1 aromatic rings. The standard InChI is InChI=1S/C10H18N4O2/c1-3-7(15)5-12-9-4-8(11)13-10(14-9)6-16-2/h4,7,15H,3,5-6H2,1-2H3,(H3,11,12,13,14). The van der Waals surface area contributed by atoms with Gasteiger partial charge in [-0.15, -0.1) is 0 Å². The van der Waals surface area contributed by atoms with Crippen molar-refractivity contribution in [3.05, 3.63) is 11.9 Å². The van der Waals surface area contributed by atoms with Gasteiger partial charge >= 0.3 is 0 Å². The summed E-state index contributed by atoms with van der Waals surface area (Å²) in [4.78, 5) is 8.20. The SMILES string of the molecule is CCC(O)CNc1cc(N)nc(COC)n1. The third kappa shape index (κ3) is 4.00. The van der Waals surface area contributed by atoms with E-state index >= 15 is 0 Å². The fourth-order valence-corrected chi connectivity index (χ4v) is 1.17. The number of aliphatic hydroxyl groups excluding tert-OH is 1. The summed E-state index contributed by atoms with van der Waals surface area (Å²) in [5.74, 6) is 1.51. The monoisotopic (exact) mass is 226 g/mol. The molecule has 0 fully saturated rings. The van der Waals surface area contributed by atoms with Gasteiger partial charge in [-0.3, -0.25) is 0 Å². The molecule has 1 rings (SSSR count). The van der Waals surface area contributed by atoms with E-state index in [9.17, 15) is 5.11 Å². The van der Waals surface area contributed by atoms with E-state index in [-0.39, 0.29) is 6.10 Å². The van der Waals surface area contributed by atoms with E-state index < -0.39 is 0 Å². The molecule has 0 aliphatic heterocycles. The second-order valence-electron chi connectivity index (χ2n) is 3.47. The fraction of sp³-hybridized carbons (Fsp3) is 0.600. The first-order valence-electron chi connectivity index (χ1n) is 5.20. The first-order valence-corrected chi connectivity index (χ1v) is 5.20. The van der Waals surface area contributed by atoms with Crippen molar-refractivity contribution >= 4 is 11.6 Å². The number of aliphatic hydroxyl groups is 1. The maximum Gasteiger partial charge on any atom is 0.158 e. The average molecular weight is 226 g/mol. The molecule has 0 amide bonds. The molecule has 1 aromatic heterocycles. The number of nitrogens with two attached hydrogens (primary N) is 1. The topological polar surface area (TPSA) is 93.3 Å². The lowest BCUT2D eigenvalue weighted by atomic mass is 10.3. The van der Waals surface area contributed by atoms with Crippen LogP contribution in [0.4, 0.5) is 11.6 Å². The summed E-state index contributed by atoms with van der Waals surface area (Å²) in [5, 5.41) is 12.4. The van der Waals surface area contributed by atoms with Crippen LogP contribution in [0.1, 0.15) is 19.2 Å². The molecule has 0 aromatic carbocycles. The highest BCUT2D eigenvalue weighted by molar-refractivity contribution is 5.44. The van der Waals surface area contributed by atoms with Crippen LogP contribution in [0.2, 0.25) is 0 Å². The Morgan fingerprint density at radius 3 is 2.94 bits per heavy atom. The molecule has 1 heterocycles. The maximum absolute atomic E-state index is 9.40. The Bertz CT molecular complexity index is 333. The number of methoxy groups -OCH3 is 1. The molecule has 0 spiro atoms. The predicted octanol–water partition coefficient (Wildman–Crippen LogP) is 0.388. The van der Waals surface area contributed by atoms with E-state index in [0.717, 1.165) is 0 Å². The number of nitrogen functional groups attached to an aromatic ring is 1. The summed E-state index contributed by atoms with van der Waals surface area (Å²) < 4.78 is 4.93. The molecule has 1 unspecified atom stereocenters. The third-order valence-corrected chi connectivity index (χ3v) is 2.06. The zero-order chi connectivity index (χ0) is 12.0. The maximum atomic E-state index is 9.40. The number of hydrogen-bond donors (Lipinski definition) is 3. The molecular formula is C10H18N4O2. The van der Waals surface area contributed by atoms with Crippen LogP contribution in [0.3, 0.4) is 0 Å². The van der Waals surface area contributed by atoms with Crippen molar-refractivity contribution in [3.63, 3.8) is 0 Å². The van der Waals surface area contributed by atoms with E-state index in [4.69, 9.17) is 10.5 Å². The molecule has 0 saturated heterocycles. The van der Waals surface area contributed by atoms with E-state index in [2.05, 4.69) is 15.3 Å². The number of aromatic nitrogens is 2. The van der Waals surface area contributed by atoms with Crippen LogP contribution < -0.4 is 11.1 Å². The molecule has 6 heteroatoms. The van der Waals surface area contributed by atoms with Gasteiger partial charge in [0.1, 0.15) is 18.2 Å². The van der Waals surface area contributed by atoms with Gasteiger partial charge in [0.15, 0.2) is 5.82 Å². The normalized spacial score (nSPS) is 12.4. The fourth-order valence-electron chi connectivity index (χ4n) is 1.17. The minimum Gasteiger partial charge on any atom is -0.391 e. The van der Waals surface area contributed by atoms with Crippen molar-refractivity contribution in [1.29, 1.82) is 0 Å². The first-order chi connectivity index (χ1) is 7.65. The number of rotatable bonds is 6.